The van der Waals surface area contributed by atoms with E-state index in [-0.39, 0.29) is 0 Å². The van der Waals surface area contributed by atoms with E-state index in [4.69, 9.17) is 0 Å². The van der Waals surface area contributed by atoms with Crippen LogP contribution in [0.25, 0.3) is 0 Å². The fourth-order valence-electron chi connectivity index (χ4n) is 0.974. The van der Waals surface area contributed by atoms with Crippen LogP contribution in [0.4, 0.5) is 52.7 Å². The molecule has 0 amide bonds. The van der Waals surface area contributed by atoms with Crippen LogP contribution in [0.2, 0.25) is 0 Å². The van der Waals surface area contributed by atoms with Gasteiger partial charge >= 0.3 is 34.9 Å². The largest absolute Gasteiger partial charge is 0.411 e. The van der Waals surface area contributed by atoms with Crippen LogP contribution in [0.1, 0.15) is 6.92 Å². The van der Waals surface area contributed by atoms with E-state index >= 15 is 0 Å². The lowest BCUT2D eigenvalue weighted by Gasteiger charge is -2.39. The van der Waals surface area contributed by atoms with Gasteiger partial charge in [-0.2, -0.15) is 52.7 Å². The van der Waals surface area contributed by atoms with Crippen LogP contribution in [-0.4, -0.2) is 43.3 Å². The Morgan fingerprint density at radius 3 is 1.05 bits per heavy atom. The van der Waals surface area contributed by atoms with E-state index in [1.54, 1.807) is 0 Å². The van der Waals surface area contributed by atoms with E-state index in [9.17, 15) is 61.1 Å². The molecule has 0 rings (SSSR count). The van der Waals surface area contributed by atoms with Crippen LogP contribution in [-0.2, 0) is 10.7 Å². The van der Waals surface area contributed by atoms with Crippen molar-refractivity contribution < 1.29 is 61.1 Å². The van der Waals surface area contributed by atoms with E-state index in [2.05, 4.69) is 0 Å². The molecule has 0 aliphatic carbocycles. The second-order valence-electron chi connectivity index (χ2n) is 3.98. The third-order valence-electron chi connectivity index (χ3n) is 2.34. The van der Waals surface area contributed by atoms with Gasteiger partial charge in [0, 0.05) is 6.92 Å². The average Bonchev–Trinajstić information content (AvgIpc) is 2.25. The average molecular weight is 380 g/mol. The first-order valence-electron chi connectivity index (χ1n) is 4.61. The molecule has 0 aromatic carbocycles. The zero-order valence-corrected chi connectivity index (χ0v) is 10.7. The number of alkyl halides is 12. The molecule has 0 atom stereocenters. The van der Waals surface area contributed by atoms with Gasteiger partial charge in [-0.25, -0.2) is 8.42 Å². The van der Waals surface area contributed by atoms with Crippen molar-refractivity contribution in [3.05, 3.63) is 0 Å². The van der Waals surface area contributed by atoms with Gasteiger partial charge in [-0.1, -0.05) is 0 Å². The summed E-state index contributed by atoms with van der Waals surface area (Å²) >= 11 is 0. The molecule has 0 unspecified atom stereocenters. The molecule has 0 fully saturated rings. The number of thiol groups is 1. The SMILES string of the molecule is CC(F)(F)C(F)(F)C(F)(F)C(F)(F)C(F)(F)C(F)(F)[SH](=O)=O. The van der Waals surface area contributed by atoms with E-state index in [0.717, 1.165) is 0 Å². The third kappa shape index (κ3) is 2.50. The van der Waals surface area contributed by atoms with E-state index in [1.165, 1.54) is 0 Å². The van der Waals surface area contributed by atoms with Crippen molar-refractivity contribution in [2.75, 3.05) is 0 Å². The maximum absolute atomic E-state index is 12.8. The minimum Gasteiger partial charge on any atom is -0.225 e. The summed E-state index contributed by atoms with van der Waals surface area (Å²) in [5, 5.41) is -6.91. The maximum Gasteiger partial charge on any atom is 0.411 e. The molecule has 0 aliphatic heterocycles. The van der Waals surface area contributed by atoms with Gasteiger partial charge in [-0.3, -0.25) is 0 Å². The Balaban J connectivity index is 6.35. The monoisotopic (exact) mass is 380 g/mol. The van der Waals surface area contributed by atoms with Crippen LogP contribution < -0.4 is 0 Å². The van der Waals surface area contributed by atoms with Crippen molar-refractivity contribution in [1.29, 1.82) is 0 Å². The van der Waals surface area contributed by atoms with Crippen molar-refractivity contribution in [3.63, 3.8) is 0 Å². The summed E-state index contributed by atoms with van der Waals surface area (Å²) in [6, 6.07) is 0. The fraction of sp³-hybridized carbons (Fsp3) is 1.00. The van der Waals surface area contributed by atoms with Crippen LogP contribution in [0.3, 0.4) is 0 Å². The smallest absolute Gasteiger partial charge is 0.225 e. The van der Waals surface area contributed by atoms with Crippen LogP contribution >= 0.6 is 0 Å². The highest BCUT2D eigenvalue weighted by Gasteiger charge is 2.90. The molecular weight excluding hydrogens is 376 g/mol. The Bertz CT molecular complexity index is 494. The molecule has 15 heteroatoms. The summed E-state index contributed by atoms with van der Waals surface area (Å²) in [5.74, 6) is -36.4. The Morgan fingerprint density at radius 1 is 0.545 bits per heavy atom. The molecule has 0 radical (unpaired) electrons. The van der Waals surface area contributed by atoms with Gasteiger partial charge in [0.15, 0.2) is 0 Å². The standard InChI is InChI=1S/C7H4F12O2S/c1-2(8,9)3(10,11)4(12,13)5(14,15)6(16,17)7(18,19)22(20)21/h22H,1H3. The molecule has 0 aliphatic rings. The van der Waals surface area contributed by atoms with Crippen molar-refractivity contribution in [2.45, 2.75) is 41.8 Å². The van der Waals surface area contributed by atoms with Crippen molar-refractivity contribution in [3.8, 4) is 0 Å². The number of rotatable bonds is 6. The van der Waals surface area contributed by atoms with Gasteiger partial charge < -0.3 is 0 Å². The normalized spacial score (nSPS) is 16.3. The third-order valence-corrected chi connectivity index (χ3v) is 3.08. The zero-order chi connectivity index (χ0) is 18.6. The lowest BCUT2D eigenvalue weighted by atomic mass is 9.95. The summed E-state index contributed by atoms with van der Waals surface area (Å²) in [4.78, 5) is 0. The summed E-state index contributed by atoms with van der Waals surface area (Å²) in [6.45, 7) is -1.05. The fourth-order valence-corrected chi connectivity index (χ4v) is 1.34. The van der Waals surface area contributed by atoms with Crippen molar-refractivity contribution in [2.24, 2.45) is 0 Å². The van der Waals surface area contributed by atoms with Gasteiger partial charge in [0.25, 0.3) is 0 Å². The van der Waals surface area contributed by atoms with E-state index in [1.807, 2.05) is 0 Å². The highest BCUT2D eigenvalue weighted by Crippen LogP contribution is 2.59. The first-order valence-corrected chi connectivity index (χ1v) is 5.78. The molecule has 0 saturated carbocycles. The number of halogens is 12. The molecule has 22 heavy (non-hydrogen) atoms. The summed E-state index contributed by atoms with van der Waals surface area (Å²) < 4.78 is 171. The molecular formula is C7H4F12O2S. The quantitative estimate of drug-likeness (QED) is 0.566. The summed E-state index contributed by atoms with van der Waals surface area (Å²) in [6.07, 6.45) is 0. The van der Waals surface area contributed by atoms with Gasteiger partial charge in [0.2, 0.25) is 10.7 Å². The second-order valence-corrected chi connectivity index (χ2v) is 5.06. The molecule has 0 spiro atoms. The Kier molecular flexibility index (Phi) is 4.85. The van der Waals surface area contributed by atoms with E-state index < -0.39 is 52.5 Å². The highest BCUT2D eigenvalue weighted by atomic mass is 32.2. The minimum absolute atomic E-state index is 1.05. The molecule has 134 valence electrons. The van der Waals surface area contributed by atoms with Crippen LogP contribution in [0.5, 0.6) is 0 Å². The molecule has 0 saturated heterocycles. The lowest BCUT2D eigenvalue weighted by Crippen LogP contribution is -2.70. The Morgan fingerprint density at radius 2 is 0.818 bits per heavy atom. The van der Waals surface area contributed by atoms with Gasteiger partial charge in [0.1, 0.15) is 0 Å². The van der Waals surface area contributed by atoms with Crippen LogP contribution in [0.15, 0.2) is 0 Å². The van der Waals surface area contributed by atoms with Crippen molar-refractivity contribution >= 4 is 10.7 Å². The molecule has 0 aromatic rings. The molecule has 0 aromatic heterocycles. The topological polar surface area (TPSA) is 34.1 Å². The second kappa shape index (κ2) is 5.06. The van der Waals surface area contributed by atoms with Crippen LogP contribution in [0, 0.1) is 0 Å². The van der Waals surface area contributed by atoms with E-state index in [0.29, 0.717) is 0 Å². The number of hydrogen-bond acceptors (Lipinski definition) is 2. The molecule has 0 N–H and O–H groups in total. The van der Waals surface area contributed by atoms with Crippen molar-refractivity contribution in [1.82, 2.24) is 0 Å². The molecule has 0 bridgehead atoms. The first kappa shape index (κ1) is 21.1. The maximum atomic E-state index is 12.8. The minimum atomic E-state index is -7.83. The predicted octanol–water partition coefficient (Wildman–Crippen LogP) is 3.39. The van der Waals surface area contributed by atoms with Gasteiger partial charge in [0.05, 0.1) is 0 Å². The van der Waals surface area contributed by atoms with Gasteiger partial charge in [-0.05, 0) is 0 Å². The molecule has 0 heterocycles. The van der Waals surface area contributed by atoms with Gasteiger partial charge in [-0.15, -0.1) is 0 Å². The Labute approximate surface area is 115 Å². The lowest BCUT2D eigenvalue weighted by molar-refractivity contribution is -0.414. The molecule has 2 nitrogen and oxygen atoms in total. The summed E-state index contributed by atoms with van der Waals surface area (Å²) in [7, 11) is -5.84. The number of hydrogen-bond donors (Lipinski definition) is 1. The highest BCUT2D eigenvalue weighted by molar-refractivity contribution is 7.73. The summed E-state index contributed by atoms with van der Waals surface area (Å²) in [5.41, 5.74) is 0. The first-order chi connectivity index (χ1) is 9.19. The Hall–Kier alpha value is -0.890. The zero-order valence-electron chi connectivity index (χ0n) is 9.80. The predicted molar refractivity (Wildman–Crippen MR) is 45.7 cm³/mol.